The van der Waals surface area contributed by atoms with E-state index in [9.17, 15) is 17.7 Å². The van der Waals surface area contributed by atoms with Gasteiger partial charge in [-0.1, -0.05) is 42.0 Å². The molecule has 0 radical (unpaired) electrons. The number of benzene rings is 3. The number of halogens is 4. The van der Waals surface area contributed by atoms with Crippen molar-refractivity contribution >= 4 is 25.7 Å². The van der Waals surface area contributed by atoms with Crippen LogP contribution in [0.5, 0.6) is 5.75 Å². The van der Waals surface area contributed by atoms with Gasteiger partial charge < -0.3 is 0 Å². The van der Waals surface area contributed by atoms with Crippen LogP contribution in [0.2, 0.25) is 0 Å². The lowest BCUT2D eigenvalue weighted by Gasteiger charge is -2.20. The molecule has 1 aliphatic carbocycles. The average molecular weight is 458 g/mol. The van der Waals surface area contributed by atoms with Crippen molar-refractivity contribution in [3.8, 4) is 5.75 Å². The summed E-state index contributed by atoms with van der Waals surface area (Å²) in [6.45, 7) is 3.73. The molecule has 1 atom stereocenters. The second kappa shape index (κ2) is 8.71. The van der Waals surface area contributed by atoms with Gasteiger partial charge in [0.25, 0.3) is 0 Å². The minimum Gasteiger partial charge on any atom is -0.294 e. The van der Waals surface area contributed by atoms with Crippen LogP contribution in [-0.4, -0.2) is 0 Å². The molecular weight excluding hydrogens is 435 g/mol. The van der Waals surface area contributed by atoms with Crippen LogP contribution in [0.25, 0.3) is 11.1 Å². The van der Waals surface area contributed by atoms with Gasteiger partial charge in [0.05, 0.1) is 5.56 Å². The normalized spacial score (nSPS) is 14.2. The fourth-order valence-electron chi connectivity index (χ4n) is 4.44. The Morgan fingerprint density at radius 1 is 0.875 bits per heavy atom. The van der Waals surface area contributed by atoms with Crippen molar-refractivity contribution in [1.82, 2.24) is 0 Å². The number of allylic oxidation sites excluding steroid dienone is 1. The van der Waals surface area contributed by atoms with E-state index in [2.05, 4.69) is 14.2 Å². The third-order valence-electron chi connectivity index (χ3n) is 6.04. The molecule has 0 spiro atoms. The second-order valence-corrected chi connectivity index (χ2v) is 8.76. The number of fused-ring (bicyclic) bond motifs is 1. The van der Waals surface area contributed by atoms with E-state index in [0.717, 1.165) is 51.5 Å². The average Bonchev–Trinajstić information content (AvgIpc) is 2.94. The van der Waals surface area contributed by atoms with Gasteiger partial charge in [0.2, 0.25) is 0 Å². The quantitative estimate of drug-likeness (QED) is 0.294. The molecular formula is C26H23F4OP. The van der Waals surface area contributed by atoms with Crippen LogP contribution in [-0.2, 0) is 12.6 Å². The second-order valence-electron chi connectivity index (χ2n) is 8.18. The largest absolute Gasteiger partial charge is 0.416 e. The first-order chi connectivity index (χ1) is 15.2. The van der Waals surface area contributed by atoms with Gasteiger partial charge in [-0.2, -0.15) is 13.2 Å². The molecule has 166 valence electrons. The van der Waals surface area contributed by atoms with Gasteiger partial charge in [0, 0.05) is 9.83 Å². The minimum atomic E-state index is -4.38. The van der Waals surface area contributed by atoms with E-state index in [1.807, 2.05) is 37.3 Å². The van der Waals surface area contributed by atoms with Gasteiger partial charge in [0.1, 0.15) is 0 Å². The van der Waals surface area contributed by atoms with Crippen molar-refractivity contribution in [3.63, 3.8) is 0 Å². The lowest BCUT2D eigenvalue weighted by atomic mass is 9.86. The van der Waals surface area contributed by atoms with E-state index in [0.29, 0.717) is 23.7 Å². The lowest BCUT2D eigenvalue weighted by Crippen LogP contribution is -2.08. The predicted octanol–water partition coefficient (Wildman–Crippen LogP) is 7.38. The number of hydrogen-bond donors (Lipinski definition) is 0. The number of alkyl halides is 3. The van der Waals surface area contributed by atoms with E-state index in [1.54, 1.807) is 19.1 Å². The summed E-state index contributed by atoms with van der Waals surface area (Å²) in [6.07, 6.45) is -2.19. The molecule has 0 bridgehead atoms. The van der Waals surface area contributed by atoms with Crippen LogP contribution in [0.15, 0.2) is 54.6 Å². The fourth-order valence-corrected chi connectivity index (χ4v) is 4.88. The standard InChI is InChI=1S/C26H23F4OP/c1-15-6-8-17(9-7-15)24-20(19-11-10-18(14-16(19)2)26(27,28)29)4-3-5-22-21(24)12-13-23(31-30)25(22)32/h6-14H,3-5,32H2,1-2H3. The Bertz CT molecular complexity index is 1190. The van der Waals surface area contributed by atoms with E-state index in [4.69, 9.17) is 0 Å². The molecule has 0 saturated carbocycles. The Hall–Kier alpha value is -2.65. The van der Waals surface area contributed by atoms with E-state index >= 15 is 0 Å². The number of hydrogen-bond acceptors (Lipinski definition) is 1. The maximum atomic E-state index is 13.2. The summed E-state index contributed by atoms with van der Waals surface area (Å²) in [5, 5.41) is 0.667. The SMILES string of the molecule is Cc1ccc(C2=C(c3ccc(C(F)(F)F)cc3C)CCCc3c2ccc(OF)c3P)cc1. The summed E-state index contributed by atoms with van der Waals surface area (Å²) >= 11 is 0. The molecule has 3 aromatic carbocycles. The van der Waals surface area contributed by atoms with E-state index in [-0.39, 0.29) is 5.75 Å². The van der Waals surface area contributed by atoms with Gasteiger partial charge in [-0.25, -0.2) is 0 Å². The summed E-state index contributed by atoms with van der Waals surface area (Å²) in [7, 11) is 2.57. The van der Waals surface area contributed by atoms with Crippen molar-refractivity contribution in [2.45, 2.75) is 39.3 Å². The maximum absolute atomic E-state index is 13.2. The molecule has 0 N–H and O–H groups in total. The van der Waals surface area contributed by atoms with Gasteiger partial charge >= 0.3 is 6.18 Å². The highest BCUT2D eigenvalue weighted by atomic mass is 31.0. The Morgan fingerprint density at radius 3 is 2.19 bits per heavy atom. The first kappa shape index (κ1) is 22.5. The van der Waals surface area contributed by atoms with Crippen LogP contribution in [0.4, 0.5) is 17.7 Å². The molecule has 0 heterocycles. The lowest BCUT2D eigenvalue weighted by molar-refractivity contribution is -0.137. The molecule has 0 fully saturated rings. The molecule has 1 nitrogen and oxygen atoms in total. The summed E-state index contributed by atoms with van der Waals surface area (Å²) < 4.78 is 52.8. The van der Waals surface area contributed by atoms with Crippen LogP contribution in [0.1, 0.15) is 51.8 Å². The van der Waals surface area contributed by atoms with E-state index in [1.165, 1.54) is 6.07 Å². The van der Waals surface area contributed by atoms with Crippen molar-refractivity contribution in [2.24, 2.45) is 0 Å². The summed E-state index contributed by atoms with van der Waals surface area (Å²) in [6, 6.07) is 15.5. The van der Waals surface area contributed by atoms with Crippen LogP contribution in [0, 0.1) is 13.8 Å². The molecule has 1 unspecified atom stereocenters. The highest BCUT2D eigenvalue weighted by Gasteiger charge is 2.31. The zero-order valence-corrected chi connectivity index (χ0v) is 19.0. The predicted molar refractivity (Wildman–Crippen MR) is 124 cm³/mol. The molecule has 6 heteroatoms. The molecule has 1 aliphatic rings. The van der Waals surface area contributed by atoms with Crippen molar-refractivity contribution < 1.29 is 22.6 Å². The Morgan fingerprint density at radius 2 is 1.56 bits per heavy atom. The summed E-state index contributed by atoms with van der Waals surface area (Å²) in [5.41, 5.74) is 6.71. The molecule has 4 rings (SSSR count). The van der Waals surface area contributed by atoms with Gasteiger partial charge in [-0.3, -0.25) is 4.94 Å². The van der Waals surface area contributed by atoms with Gasteiger partial charge in [-0.15, -0.1) is 9.24 Å². The van der Waals surface area contributed by atoms with Crippen molar-refractivity contribution in [2.75, 3.05) is 0 Å². The van der Waals surface area contributed by atoms with Crippen LogP contribution >= 0.6 is 9.24 Å². The topological polar surface area (TPSA) is 9.23 Å². The molecule has 0 aliphatic heterocycles. The zero-order valence-electron chi connectivity index (χ0n) is 17.8. The Labute approximate surface area is 187 Å². The van der Waals surface area contributed by atoms with E-state index < -0.39 is 11.7 Å². The minimum absolute atomic E-state index is 0.158. The Kier molecular flexibility index (Phi) is 6.13. The van der Waals surface area contributed by atoms with Crippen LogP contribution < -0.4 is 10.2 Å². The highest BCUT2D eigenvalue weighted by Crippen LogP contribution is 2.42. The van der Waals surface area contributed by atoms with Gasteiger partial charge in [-0.05, 0) is 90.3 Å². The third-order valence-corrected chi connectivity index (χ3v) is 6.68. The van der Waals surface area contributed by atoms with Crippen molar-refractivity contribution in [1.29, 1.82) is 0 Å². The third kappa shape index (κ3) is 4.19. The smallest absolute Gasteiger partial charge is 0.294 e. The maximum Gasteiger partial charge on any atom is 0.416 e. The summed E-state index contributed by atoms with van der Waals surface area (Å²) in [5.74, 6) is 0.158. The Balaban J connectivity index is 2.01. The molecule has 32 heavy (non-hydrogen) atoms. The highest BCUT2D eigenvalue weighted by molar-refractivity contribution is 7.28. The molecule has 0 aromatic heterocycles. The first-order valence-corrected chi connectivity index (χ1v) is 11.0. The molecule has 3 aromatic rings. The van der Waals surface area contributed by atoms with Crippen LogP contribution in [0.3, 0.4) is 0 Å². The fraction of sp³-hybridized carbons (Fsp3) is 0.231. The van der Waals surface area contributed by atoms with Crippen molar-refractivity contribution in [3.05, 3.63) is 93.5 Å². The first-order valence-electron chi connectivity index (χ1n) is 10.4. The zero-order chi connectivity index (χ0) is 23.0. The monoisotopic (exact) mass is 458 g/mol. The van der Waals surface area contributed by atoms with Gasteiger partial charge in [0.15, 0.2) is 5.75 Å². The summed E-state index contributed by atoms with van der Waals surface area (Å²) in [4.78, 5) is 4.04. The number of aryl methyl sites for hydroxylation is 2. The molecule has 0 saturated heterocycles. The number of rotatable bonds is 3. The molecule has 0 amide bonds.